The van der Waals surface area contributed by atoms with Gasteiger partial charge in [-0.1, -0.05) is 5.21 Å². The number of halogens is 1. The summed E-state index contributed by atoms with van der Waals surface area (Å²) in [7, 11) is 1.66. The Hall–Kier alpha value is -0.910. The van der Waals surface area contributed by atoms with Gasteiger partial charge in [0.2, 0.25) is 0 Å². The Morgan fingerprint density at radius 1 is 1.62 bits per heavy atom. The maximum atomic E-state index is 10.9. The molecule has 6 heteroatoms. The van der Waals surface area contributed by atoms with E-state index < -0.39 is 11.4 Å². The summed E-state index contributed by atoms with van der Waals surface area (Å²) in [5.74, 6) is -0.904. The molecule has 0 aliphatic carbocycles. The summed E-state index contributed by atoms with van der Waals surface area (Å²) in [4.78, 5) is 10.9. The van der Waals surface area contributed by atoms with Crippen LogP contribution in [0.15, 0.2) is 4.60 Å². The van der Waals surface area contributed by atoms with Crippen molar-refractivity contribution in [3.8, 4) is 0 Å². The second-order valence-electron chi connectivity index (χ2n) is 3.28. The van der Waals surface area contributed by atoms with Gasteiger partial charge in [-0.2, -0.15) is 0 Å². The molecule has 0 saturated heterocycles. The molecule has 1 rings (SSSR count). The van der Waals surface area contributed by atoms with Gasteiger partial charge in [0.15, 0.2) is 4.60 Å². The number of carbonyl (C=O) groups is 1. The molecule has 5 nitrogen and oxygen atoms in total. The lowest BCUT2D eigenvalue weighted by atomic mass is 9.90. The summed E-state index contributed by atoms with van der Waals surface area (Å²) < 4.78 is 1.93. The Labute approximate surface area is 83.9 Å². The van der Waals surface area contributed by atoms with Crippen LogP contribution in [0.3, 0.4) is 0 Å². The van der Waals surface area contributed by atoms with Gasteiger partial charge < -0.3 is 5.11 Å². The van der Waals surface area contributed by atoms with Gasteiger partial charge in [0.25, 0.3) is 0 Å². The summed E-state index contributed by atoms with van der Waals surface area (Å²) in [6.45, 7) is 3.22. The van der Waals surface area contributed by atoms with Crippen LogP contribution in [0.5, 0.6) is 0 Å². The first-order valence-corrected chi connectivity index (χ1v) is 4.45. The van der Waals surface area contributed by atoms with Crippen molar-refractivity contribution in [3.05, 3.63) is 10.3 Å². The highest BCUT2D eigenvalue weighted by molar-refractivity contribution is 9.10. The molecule has 0 spiro atoms. The van der Waals surface area contributed by atoms with Crippen molar-refractivity contribution in [3.63, 3.8) is 0 Å². The monoisotopic (exact) mass is 247 g/mol. The van der Waals surface area contributed by atoms with Crippen molar-refractivity contribution >= 4 is 21.9 Å². The number of hydrogen-bond acceptors (Lipinski definition) is 3. The van der Waals surface area contributed by atoms with E-state index in [1.807, 2.05) is 0 Å². The Morgan fingerprint density at radius 3 is 2.46 bits per heavy atom. The molecule has 0 unspecified atom stereocenters. The average Bonchev–Trinajstić information content (AvgIpc) is 2.30. The lowest BCUT2D eigenvalue weighted by Gasteiger charge is -2.18. The lowest BCUT2D eigenvalue weighted by molar-refractivity contribution is -0.142. The van der Waals surface area contributed by atoms with Crippen LogP contribution >= 0.6 is 15.9 Å². The molecule has 0 bridgehead atoms. The van der Waals surface area contributed by atoms with Crippen LogP contribution in [0, 0.1) is 0 Å². The molecule has 13 heavy (non-hydrogen) atoms. The average molecular weight is 248 g/mol. The van der Waals surface area contributed by atoms with Crippen LogP contribution in [0.2, 0.25) is 0 Å². The number of carboxylic acids is 1. The second-order valence-corrected chi connectivity index (χ2v) is 4.03. The summed E-state index contributed by atoms with van der Waals surface area (Å²) in [5, 5.41) is 16.4. The molecule has 1 heterocycles. The highest BCUT2D eigenvalue weighted by Gasteiger charge is 2.35. The molecule has 1 aromatic heterocycles. The van der Waals surface area contributed by atoms with Crippen molar-refractivity contribution in [2.45, 2.75) is 19.3 Å². The maximum absolute atomic E-state index is 10.9. The number of aryl methyl sites for hydroxylation is 1. The van der Waals surface area contributed by atoms with Crippen molar-refractivity contribution < 1.29 is 9.90 Å². The van der Waals surface area contributed by atoms with E-state index in [-0.39, 0.29) is 0 Å². The molecule has 0 saturated carbocycles. The number of hydrogen-bond donors (Lipinski definition) is 1. The van der Waals surface area contributed by atoms with Crippen LogP contribution in [0.4, 0.5) is 0 Å². The maximum Gasteiger partial charge on any atom is 0.315 e. The standard InChI is InChI=1S/C7H10BrN3O2/c1-7(2,6(12)13)4-5(8)9-10-11(4)3/h1-3H3,(H,12,13). The fourth-order valence-corrected chi connectivity index (χ4v) is 1.92. The molecule has 0 aliphatic rings. The lowest BCUT2D eigenvalue weighted by Crippen LogP contribution is -2.31. The first kappa shape index (κ1) is 10.2. The second kappa shape index (κ2) is 3.10. The van der Waals surface area contributed by atoms with Gasteiger partial charge in [0.05, 0.1) is 5.69 Å². The summed E-state index contributed by atoms with van der Waals surface area (Å²) in [6.07, 6.45) is 0. The van der Waals surface area contributed by atoms with Crippen molar-refractivity contribution in [1.29, 1.82) is 0 Å². The zero-order chi connectivity index (χ0) is 10.2. The molecular weight excluding hydrogens is 238 g/mol. The van der Waals surface area contributed by atoms with Crippen molar-refractivity contribution in [2.24, 2.45) is 7.05 Å². The molecule has 0 aromatic carbocycles. The fourth-order valence-electron chi connectivity index (χ4n) is 1.10. The predicted molar refractivity (Wildman–Crippen MR) is 49.4 cm³/mol. The minimum atomic E-state index is -0.989. The number of nitrogens with zero attached hydrogens (tertiary/aromatic N) is 3. The summed E-state index contributed by atoms with van der Waals surface area (Å²) in [5.41, 5.74) is -0.433. The van der Waals surface area contributed by atoms with Gasteiger partial charge in [-0.3, -0.25) is 9.48 Å². The number of carboxylic acid groups (broad SMARTS) is 1. The van der Waals surface area contributed by atoms with E-state index in [1.54, 1.807) is 20.9 Å². The Bertz CT molecular complexity index is 326. The molecule has 0 amide bonds. The van der Waals surface area contributed by atoms with E-state index in [0.29, 0.717) is 10.3 Å². The van der Waals surface area contributed by atoms with Gasteiger partial charge in [-0.05, 0) is 29.8 Å². The number of aliphatic carboxylic acids is 1. The zero-order valence-corrected chi connectivity index (χ0v) is 9.16. The minimum Gasteiger partial charge on any atom is -0.481 e. The van der Waals surface area contributed by atoms with E-state index in [9.17, 15) is 4.79 Å². The van der Waals surface area contributed by atoms with E-state index in [1.165, 1.54) is 4.68 Å². The van der Waals surface area contributed by atoms with Gasteiger partial charge in [-0.25, -0.2) is 0 Å². The van der Waals surface area contributed by atoms with Gasteiger partial charge in [-0.15, -0.1) is 5.10 Å². The largest absolute Gasteiger partial charge is 0.481 e. The third-order valence-corrected chi connectivity index (χ3v) is 2.45. The van der Waals surface area contributed by atoms with Gasteiger partial charge in [0, 0.05) is 7.05 Å². The van der Waals surface area contributed by atoms with Crippen molar-refractivity contribution in [1.82, 2.24) is 15.0 Å². The Kier molecular flexibility index (Phi) is 2.42. The van der Waals surface area contributed by atoms with Crippen molar-refractivity contribution in [2.75, 3.05) is 0 Å². The predicted octanol–water partition coefficient (Wildman–Crippen LogP) is 0.940. The minimum absolute atomic E-state index is 0.474. The van der Waals surface area contributed by atoms with Gasteiger partial charge in [0.1, 0.15) is 5.41 Å². The van der Waals surface area contributed by atoms with Crippen LogP contribution < -0.4 is 0 Å². The molecule has 1 N–H and O–H groups in total. The first-order chi connectivity index (χ1) is 5.87. The first-order valence-electron chi connectivity index (χ1n) is 3.66. The Morgan fingerprint density at radius 2 is 2.15 bits per heavy atom. The highest BCUT2D eigenvalue weighted by Crippen LogP contribution is 2.27. The quantitative estimate of drug-likeness (QED) is 0.845. The molecule has 1 aromatic rings. The molecular formula is C7H10BrN3O2. The van der Waals surface area contributed by atoms with Crippen LogP contribution in [0.1, 0.15) is 19.5 Å². The molecule has 0 fully saturated rings. The zero-order valence-electron chi connectivity index (χ0n) is 7.58. The topological polar surface area (TPSA) is 68.0 Å². The normalized spacial score (nSPS) is 11.7. The van der Waals surface area contributed by atoms with Crippen LogP contribution in [0.25, 0.3) is 0 Å². The molecule has 0 atom stereocenters. The number of rotatable bonds is 2. The SMILES string of the molecule is Cn1nnc(Br)c1C(C)(C)C(=O)O. The molecule has 0 radical (unpaired) electrons. The summed E-state index contributed by atoms with van der Waals surface area (Å²) in [6, 6.07) is 0. The van der Waals surface area contributed by atoms with Crippen LogP contribution in [-0.4, -0.2) is 26.1 Å². The van der Waals surface area contributed by atoms with E-state index in [0.717, 1.165) is 0 Å². The van der Waals surface area contributed by atoms with E-state index >= 15 is 0 Å². The smallest absolute Gasteiger partial charge is 0.315 e. The third-order valence-electron chi connectivity index (χ3n) is 1.91. The van der Waals surface area contributed by atoms with E-state index in [4.69, 9.17) is 5.11 Å². The third kappa shape index (κ3) is 1.58. The Balaban J connectivity index is 3.28. The van der Waals surface area contributed by atoms with E-state index in [2.05, 4.69) is 26.2 Å². The fraction of sp³-hybridized carbons (Fsp3) is 0.571. The molecule has 72 valence electrons. The number of aromatic nitrogens is 3. The molecule has 0 aliphatic heterocycles. The van der Waals surface area contributed by atoms with Gasteiger partial charge >= 0.3 is 5.97 Å². The highest BCUT2D eigenvalue weighted by atomic mass is 79.9. The van der Waals surface area contributed by atoms with Crippen LogP contribution in [-0.2, 0) is 17.3 Å². The summed E-state index contributed by atoms with van der Waals surface area (Å²) >= 11 is 3.16.